The molecule has 0 fully saturated rings. The van der Waals surface area contributed by atoms with Crippen molar-refractivity contribution in [1.29, 1.82) is 0 Å². The van der Waals surface area contributed by atoms with E-state index < -0.39 is 17.9 Å². The Balaban J connectivity index is 4.33. The van der Waals surface area contributed by atoms with Crippen molar-refractivity contribution >= 4 is 17.7 Å². The molecule has 0 aliphatic heterocycles. The topological polar surface area (TPSA) is 60.4 Å². The second-order valence-corrected chi connectivity index (χ2v) is 19.1. The smallest absolute Gasteiger partial charge is 0.324 e. The molecule has 0 saturated carbocycles. The molecular formula is C54H104O4. The van der Waals surface area contributed by atoms with Crippen molar-refractivity contribution < 1.29 is 19.1 Å². The fourth-order valence-electron chi connectivity index (χ4n) is 8.62. The number of hydrogen-bond donors (Lipinski definition) is 0. The molecule has 0 aromatic carbocycles. The first-order chi connectivity index (χ1) is 28.4. The molecule has 0 aromatic heterocycles. The number of unbranched alkanes of at least 4 members (excludes halogenated alkanes) is 38. The summed E-state index contributed by atoms with van der Waals surface area (Å²) in [6.07, 6.45) is 54.8. The zero-order valence-corrected chi connectivity index (χ0v) is 40.1. The molecule has 0 aliphatic carbocycles. The molecule has 0 saturated heterocycles. The summed E-state index contributed by atoms with van der Waals surface area (Å²) in [4.78, 5) is 39.2. The molecule has 0 bridgehead atoms. The predicted molar refractivity (Wildman–Crippen MR) is 254 cm³/mol. The average Bonchev–Trinajstić information content (AvgIpc) is 3.20. The molecule has 1 atom stereocenters. The maximum atomic E-state index is 13.4. The van der Waals surface area contributed by atoms with E-state index >= 15 is 0 Å². The molecule has 0 aliphatic rings. The number of rotatable bonds is 48. The van der Waals surface area contributed by atoms with Crippen molar-refractivity contribution in [3.8, 4) is 0 Å². The number of carbonyl (C=O) groups is 3. The molecule has 0 rings (SSSR count). The Kier molecular flexibility index (Phi) is 45.9. The number of Topliss-reactive ketones (excluding diaryl/α,β-unsaturated/α-hetero) is 1. The van der Waals surface area contributed by atoms with Crippen LogP contribution in [0, 0.1) is 11.8 Å². The van der Waals surface area contributed by atoms with E-state index in [0.717, 1.165) is 63.7 Å². The van der Waals surface area contributed by atoms with Crippen LogP contribution in [-0.4, -0.2) is 17.7 Å². The van der Waals surface area contributed by atoms with Gasteiger partial charge in [0.1, 0.15) is 11.7 Å². The molecule has 1 unspecified atom stereocenters. The van der Waals surface area contributed by atoms with Gasteiger partial charge in [-0.2, -0.15) is 0 Å². The van der Waals surface area contributed by atoms with Gasteiger partial charge in [-0.25, -0.2) is 0 Å². The first kappa shape index (κ1) is 56.8. The van der Waals surface area contributed by atoms with Gasteiger partial charge in [0.25, 0.3) is 0 Å². The fraction of sp³-hybridized carbons (Fsp3) is 0.944. The third kappa shape index (κ3) is 42.9. The average molecular weight is 817 g/mol. The summed E-state index contributed by atoms with van der Waals surface area (Å²) in [6.45, 7) is 9.19. The summed E-state index contributed by atoms with van der Waals surface area (Å²) in [5.74, 6) is -0.959. The third-order valence-electron chi connectivity index (χ3n) is 12.7. The van der Waals surface area contributed by atoms with Crippen LogP contribution in [-0.2, 0) is 19.1 Å². The van der Waals surface area contributed by atoms with Gasteiger partial charge in [-0.15, -0.1) is 0 Å². The van der Waals surface area contributed by atoms with Crippen molar-refractivity contribution in [3.05, 3.63) is 0 Å². The number of esters is 2. The maximum Gasteiger partial charge on any atom is 0.324 e. The molecule has 0 amide bonds. The second kappa shape index (κ2) is 46.9. The van der Waals surface area contributed by atoms with Gasteiger partial charge in [-0.1, -0.05) is 285 Å². The van der Waals surface area contributed by atoms with Crippen molar-refractivity contribution in [3.63, 3.8) is 0 Å². The fourth-order valence-corrected chi connectivity index (χ4v) is 8.62. The Bertz CT molecular complexity index is 865. The van der Waals surface area contributed by atoms with Crippen molar-refractivity contribution in [1.82, 2.24) is 0 Å². The molecule has 0 N–H and O–H groups in total. The highest BCUT2D eigenvalue weighted by atomic mass is 16.6. The Morgan fingerprint density at radius 2 is 0.586 bits per heavy atom. The van der Waals surface area contributed by atoms with Crippen LogP contribution in [0.4, 0.5) is 0 Å². The lowest BCUT2D eigenvalue weighted by Gasteiger charge is -2.14. The van der Waals surface area contributed by atoms with Crippen LogP contribution >= 0.6 is 0 Å². The largest absolute Gasteiger partial charge is 0.393 e. The van der Waals surface area contributed by atoms with E-state index in [1.807, 2.05) is 0 Å². The predicted octanol–water partition coefficient (Wildman–Crippen LogP) is 18.5. The minimum absolute atomic E-state index is 0.00619. The molecule has 0 spiro atoms. The summed E-state index contributed by atoms with van der Waals surface area (Å²) >= 11 is 0. The lowest BCUT2D eigenvalue weighted by molar-refractivity contribution is -0.164. The van der Waals surface area contributed by atoms with Gasteiger partial charge in [0.05, 0.1) is 0 Å². The highest BCUT2D eigenvalue weighted by Crippen LogP contribution is 2.21. The van der Waals surface area contributed by atoms with Gasteiger partial charge in [-0.3, -0.25) is 14.4 Å². The molecule has 0 heterocycles. The van der Waals surface area contributed by atoms with E-state index in [-0.39, 0.29) is 12.2 Å². The molecule has 4 heteroatoms. The summed E-state index contributed by atoms with van der Waals surface area (Å²) in [6, 6.07) is 0. The summed E-state index contributed by atoms with van der Waals surface area (Å²) in [7, 11) is 0. The molecule has 0 aromatic rings. The van der Waals surface area contributed by atoms with E-state index in [9.17, 15) is 14.4 Å². The minimum Gasteiger partial charge on any atom is -0.393 e. The molecular weight excluding hydrogens is 713 g/mol. The van der Waals surface area contributed by atoms with Crippen molar-refractivity contribution in [2.24, 2.45) is 11.8 Å². The third-order valence-corrected chi connectivity index (χ3v) is 12.7. The van der Waals surface area contributed by atoms with Gasteiger partial charge in [0.2, 0.25) is 0 Å². The zero-order chi connectivity index (χ0) is 42.4. The summed E-state index contributed by atoms with van der Waals surface area (Å²) < 4.78 is 5.35. The lowest BCUT2D eigenvalue weighted by atomic mass is 9.92. The normalized spacial score (nSPS) is 12.1. The van der Waals surface area contributed by atoms with Crippen LogP contribution in [0.15, 0.2) is 0 Å². The van der Waals surface area contributed by atoms with Gasteiger partial charge in [0.15, 0.2) is 0 Å². The molecule has 344 valence electrons. The monoisotopic (exact) mass is 817 g/mol. The van der Waals surface area contributed by atoms with E-state index in [1.54, 1.807) is 0 Å². The molecule has 0 radical (unpaired) electrons. The van der Waals surface area contributed by atoms with E-state index in [0.29, 0.717) is 12.8 Å². The summed E-state index contributed by atoms with van der Waals surface area (Å²) in [5.41, 5.74) is 0. The van der Waals surface area contributed by atoms with Gasteiger partial charge < -0.3 is 4.74 Å². The van der Waals surface area contributed by atoms with Crippen molar-refractivity contribution in [2.75, 3.05) is 0 Å². The van der Waals surface area contributed by atoms with Crippen LogP contribution in [0.2, 0.25) is 0 Å². The standard InChI is InChI=1S/C54H104O4/c1-5-7-9-11-13-15-17-19-21-23-28-32-36-40-44-48-52(55)51(47-43-39-35-31-27-22-20-18-16-14-12-10-8-6-2)54(57)58-53(56)49-45-41-37-33-29-25-24-26-30-34-38-42-46-50(3)4/h50-51H,5-49H2,1-4H3. The van der Waals surface area contributed by atoms with Gasteiger partial charge in [0, 0.05) is 12.8 Å². The van der Waals surface area contributed by atoms with Gasteiger partial charge in [-0.05, 0) is 25.2 Å². The van der Waals surface area contributed by atoms with E-state index in [1.165, 1.54) is 212 Å². The van der Waals surface area contributed by atoms with Crippen molar-refractivity contribution in [2.45, 2.75) is 317 Å². The Hall–Kier alpha value is -1.19. The van der Waals surface area contributed by atoms with E-state index in [2.05, 4.69) is 27.7 Å². The van der Waals surface area contributed by atoms with Crippen LogP contribution in [0.3, 0.4) is 0 Å². The molecule has 58 heavy (non-hydrogen) atoms. The first-order valence-electron chi connectivity index (χ1n) is 26.7. The second-order valence-electron chi connectivity index (χ2n) is 19.1. The number of ketones is 1. The number of hydrogen-bond acceptors (Lipinski definition) is 4. The highest BCUT2D eigenvalue weighted by molar-refractivity contribution is 6.02. The highest BCUT2D eigenvalue weighted by Gasteiger charge is 2.28. The minimum atomic E-state index is -0.770. The van der Waals surface area contributed by atoms with Crippen LogP contribution in [0.5, 0.6) is 0 Å². The first-order valence-corrected chi connectivity index (χ1v) is 26.7. The lowest BCUT2D eigenvalue weighted by Crippen LogP contribution is -2.28. The molecule has 4 nitrogen and oxygen atoms in total. The summed E-state index contributed by atoms with van der Waals surface area (Å²) in [5, 5.41) is 0. The van der Waals surface area contributed by atoms with Crippen LogP contribution < -0.4 is 0 Å². The number of ether oxygens (including phenoxy) is 1. The van der Waals surface area contributed by atoms with Crippen LogP contribution in [0.25, 0.3) is 0 Å². The van der Waals surface area contributed by atoms with Gasteiger partial charge >= 0.3 is 11.9 Å². The zero-order valence-electron chi connectivity index (χ0n) is 40.1. The Morgan fingerprint density at radius 1 is 0.328 bits per heavy atom. The maximum absolute atomic E-state index is 13.4. The van der Waals surface area contributed by atoms with E-state index in [4.69, 9.17) is 4.74 Å². The Morgan fingerprint density at radius 3 is 0.897 bits per heavy atom. The SMILES string of the molecule is CCCCCCCCCCCCCCCCCC(=O)C(CCCCCCCCCCCCCCCC)C(=O)OC(=O)CCCCCCCCCCCCCCC(C)C. The van der Waals surface area contributed by atoms with Crippen LogP contribution in [0.1, 0.15) is 317 Å². The quantitative estimate of drug-likeness (QED) is 0.0349. The Labute approximate surface area is 364 Å². The number of carbonyl (C=O) groups excluding carboxylic acids is 3.